The summed E-state index contributed by atoms with van der Waals surface area (Å²) in [6, 6.07) is 15.8. The van der Waals surface area contributed by atoms with Crippen molar-refractivity contribution in [3.05, 3.63) is 71.4 Å². The Kier molecular flexibility index (Phi) is 5.14. The molecule has 0 atom stereocenters. The summed E-state index contributed by atoms with van der Waals surface area (Å²) in [7, 11) is 0. The molecule has 1 aliphatic rings. The van der Waals surface area contributed by atoms with Crippen LogP contribution in [-0.2, 0) is 33.6 Å². The maximum absolute atomic E-state index is 13.0. The van der Waals surface area contributed by atoms with Gasteiger partial charge in [-0.2, -0.15) is 0 Å². The number of para-hydroxylation sites is 1. The fraction of sp³-hybridized carbons (Fsp3) is 0.333. The molecule has 3 aromatic rings. The standard InChI is InChI=1S/C24H26N2O3/c1-16(2)15-29-23(28)24(12-17-7-3-4-8-18(17)13-24)26-22(27)11-19-14-25-21-10-6-5-9-20(19)21/h3-10,14,16,25H,11-13,15H2,1-2H3,(H,26,27). The monoisotopic (exact) mass is 390 g/mol. The van der Waals surface area contributed by atoms with Crippen LogP contribution in [0, 0.1) is 5.92 Å². The number of fused-ring (bicyclic) bond motifs is 2. The zero-order chi connectivity index (χ0) is 20.4. The summed E-state index contributed by atoms with van der Waals surface area (Å²) in [5.41, 5.74) is 3.04. The Bertz CT molecular complexity index is 1030. The van der Waals surface area contributed by atoms with E-state index in [1.165, 1.54) is 0 Å². The molecule has 2 aromatic carbocycles. The molecule has 1 heterocycles. The second kappa shape index (κ2) is 7.74. The topological polar surface area (TPSA) is 71.2 Å². The second-order valence-corrected chi connectivity index (χ2v) is 8.28. The molecule has 4 rings (SSSR count). The lowest BCUT2D eigenvalue weighted by atomic mass is 9.95. The van der Waals surface area contributed by atoms with Crippen LogP contribution in [0.2, 0.25) is 0 Å². The number of aromatic amines is 1. The second-order valence-electron chi connectivity index (χ2n) is 8.28. The van der Waals surface area contributed by atoms with Crippen molar-refractivity contribution in [1.82, 2.24) is 10.3 Å². The number of amides is 1. The van der Waals surface area contributed by atoms with Crippen LogP contribution in [0.25, 0.3) is 10.9 Å². The van der Waals surface area contributed by atoms with Crippen molar-refractivity contribution in [2.45, 2.75) is 38.6 Å². The minimum absolute atomic E-state index is 0.177. The van der Waals surface area contributed by atoms with Gasteiger partial charge in [-0.3, -0.25) is 4.79 Å². The fourth-order valence-electron chi connectivity index (χ4n) is 4.04. The van der Waals surface area contributed by atoms with E-state index >= 15 is 0 Å². The van der Waals surface area contributed by atoms with Crippen molar-refractivity contribution < 1.29 is 14.3 Å². The average Bonchev–Trinajstić information content (AvgIpc) is 3.28. The number of ether oxygens (including phenoxy) is 1. The Morgan fingerprint density at radius 3 is 2.41 bits per heavy atom. The number of benzene rings is 2. The van der Waals surface area contributed by atoms with Crippen molar-refractivity contribution in [2.24, 2.45) is 5.92 Å². The summed E-state index contributed by atoms with van der Waals surface area (Å²) in [5, 5.41) is 4.06. The number of rotatable bonds is 6. The van der Waals surface area contributed by atoms with Gasteiger partial charge in [0.25, 0.3) is 0 Å². The molecule has 0 saturated carbocycles. The van der Waals surface area contributed by atoms with Crippen molar-refractivity contribution in [3.8, 4) is 0 Å². The van der Waals surface area contributed by atoms with E-state index in [4.69, 9.17) is 4.74 Å². The van der Waals surface area contributed by atoms with Crippen LogP contribution in [-0.4, -0.2) is 29.0 Å². The summed E-state index contributed by atoms with van der Waals surface area (Å²) in [4.78, 5) is 29.2. The van der Waals surface area contributed by atoms with Gasteiger partial charge in [0.05, 0.1) is 13.0 Å². The third kappa shape index (κ3) is 3.90. The maximum Gasteiger partial charge on any atom is 0.332 e. The van der Waals surface area contributed by atoms with E-state index in [9.17, 15) is 9.59 Å². The number of H-pyrrole nitrogens is 1. The molecule has 0 bridgehead atoms. The van der Waals surface area contributed by atoms with Gasteiger partial charge in [-0.1, -0.05) is 56.3 Å². The Morgan fingerprint density at radius 2 is 1.72 bits per heavy atom. The molecule has 0 unspecified atom stereocenters. The van der Waals surface area contributed by atoms with Crippen LogP contribution in [0.4, 0.5) is 0 Å². The Balaban J connectivity index is 1.55. The first-order chi connectivity index (χ1) is 14.0. The predicted molar refractivity (Wildman–Crippen MR) is 113 cm³/mol. The number of nitrogens with one attached hydrogen (secondary N) is 2. The summed E-state index contributed by atoms with van der Waals surface area (Å²) < 4.78 is 5.57. The summed E-state index contributed by atoms with van der Waals surface area (Å²) in [6.45, 7) is 4.34. The zero-order valence-corrected chi connectivity index (χ0v) is 16.8. The van der Waals surface area contributed by atoms with Crippen molar-refractivity contribution in [2.75, 3.05) is 6.61 Å². The number of esters is 1. The summed E-state index contributed by atoms with van der Waals surface area (Å²) in [5.74, 6) is -0.291. The lowest BCUT2D eigenvalue weighted by molar-refractivity contribution is -0.154. The van der Waals surface area contributed by atoms with Gasteiger partial charge in [-0.25, -0.2) is 4.79 Å². The van der Waals surface area contributed by atoms with Crippen molar-refractivity contribution >= 4 is 22.8 Å². The van der Waals surface area contributed by atoms with E-state index in [1.54, 1.807) is 0 Å². The summed E-state index contributed by atoms with van der Waals surface area (Å²) in [6.07, 6.45) is 2.98. The van der Waals surface area contributed by atoms with E-state index in [0.717, 1.165) is 27.6 Å². The lowest BCUT2D eigenvalue weighted by Gasteiger charge is -2.28. The van der Waals surface area contributed by atoms with Crippen molar-refractivity contribution in [3.63, 3.8) is 0 Å². The molecule has 1 aromatic heterocycles. The molecule has 0 radical (unpaired) electrons. The van der Waals surface area contributed by atoms with Gasteiger partial charge < -0.3 is 15.0 Å². The van der Waals surface area contributed by atoms with E-state index in [0.29, 0.717) is 19.4 Å². The third-order valence-electron chi connectivity index (χ3n) is 5.45. The SMILES string of the molecule is CC(C)COC(=O)C1(NC(=O)Cc2c[nH]c3ccccc23)Cc2ccccc2C1. The molecule has 0 aliphatic heterocycles. The van der Waals surface area contributed by atoms with Crippen LogP contribution in [0.15, 0.2) is 54.7 Å². The molecule has 150 valence electrons. The van der Waals surface area contributed by atoms with E-state index in [-0.39, 0.29) is 24.2 Å². The Hall–Kier alpha value is -3.08. The van der Waals surface area contributed by atoms with Gasteiger partial charge in [0.15, 0.2) is 0 Å². The molecule has 0 fully saturated rings. The number of carbonyl (C=O) groups is 2. The van der Waals surface area contributed by atoms with Crippen LogP contribution < -0.4 is 5.32 Å². The quantitative estimate of drug-likeness (QED) is 0.632. The highest BCUT2D eigenvalue weighted by Gasteiger charge is 2.46. The molecular formula is C24H26N2O3. The first kappa shape index (κ1) is 19.2. The van der Waals surface area contributed by atoms with E-state index < -0.39 is 5.54 Å². The molecular weight excluding hydrogens is 364 g/mol. The first-order valence-electron chi connectivity index (χ1n) is 10.1. The number of carbonyl (C=O) groups excluding carboxylic acids is 2. The number of hydrogen-bond donors (Lipinski definition) is 2. The van der Waals surface area contributed by atoms with E-state index in [2.05, 4.69) is 10.3 Å². The predicted octanol–water partition coefficient (Wildman–Crippen LogP) is 3.56. The molecule has 1 amide bonds. The molecule has 5 heteroatoms. The highest BCUT2D eigenvalue weighted by atomic mass is 16.5. The van der Waals surface area contributed by atoms with Crippen LogP contribution >= 0.6 is 0 Å². The van der Waals surface area contributed by atoms with E-state index in [1.807, 2.05) is 68.6 Å². The maximum atomic E-state index is 13.0. The van der Waals surface area contributed by atoms with Gasteiger partial charge in [0.1, 0.15) is 5.54 Å². The third-order valence-corrected chi connectivity index (χ3v) is 5.45. The smallest absolute Gasteiger partial charge is 0.332 e. The molecule has 5 nitrogen and oxygen atoms in total. The molecule has 2 N–H and O–H groups in total. The van der Waals surface area contributed by atoms with Gasteiger partial charge in [0.2, 0.25) is 5.91 Å². The fourth-order valence-corrected chi connectivity index (χ4v) is 4.04. The number of hydrogen-bond acceptors (Lipinski definition) is 3. The summed E-state index contributed by atoms with van der Waals surface area (Å²) >= 11 is 0. The van der Waals surface area contributed by atoms with Crippen molar-refractivity contribution in [1.29, 1.82) is 0 Å². The lowest BCUT2D eigenvalue weighted by Crippen LogP contribution is -2.56. The van der Waals surface area contributed by atoms with Crippen LogP contribution in [0.5, 0.6) is 0 Å². The number of aromatic nitrogens is 1. The molecule has 1 aliphatic carbocycles. The normalized spacial score (nSPS) is 14.7. The minimum atomic E-state index is -1.04. The minimum Gasteiger partial charge on any atom is -0.464 e. The molecule has 29 heavy (non-hydrogen) atoms. The largest absolute Gasteiger partial charge is 0.464 e. The Morgan fingerprint density at radius 1 is 1.07 bits per heavy atom. The molecule has 0 spiro atoms. The first-order valence-corrected chi connectivity index (χ1v) is 10.1. The Labute approximate surface area is 170 Å². The molecule has 0 saturated heterocycles. The highest BCUT2D eigenvalue weighted by Crippen LogP contribution is 2.31. The van der Waals surface area contributed by atoms with Gasteiger partial charge in [-0.15, -0.1) is 0 Å². The van der Waals surface area contributed by atoms with Crippen LogP contribution in [0.1, 0.15) is 30.5 Å². The zero-order valence-electron chi connectivity index (χ0n) is 16.8. The van der Waals surface area contributed by atoms with Gasteiger partial charge >= 0.3 is 5.97 Å². The van der Waals surface area contributed by atoms with Gasteiger partial charge in [-0.05, 0) is 28.7 Å². The van der Waals surface area contributed by atoms with Gasteiger partial charge in [0, 0.05) is 29.9 Å². The average molecular weight is 390 g/mol. The van der Waals surface area contributed by atoms with Crippen LogP contribution in [0.3, 0.4) is 0 Å². The highest BCUT2D eigenvalue weighted by molar-refractivity contribution is 5.93.